The third kappa shape index (κ3) is 9.43. The van der Waals surface area contributed by atoms with E-state index in [1.54, 1.807) is 31.2 Å². The van der Waals surface area contributed by atoms with Gasteiger partial charge in [-0.2, -0.15) is 4.31 Å². The van der Waals surface area contributed by atoms with Crippen LogP contribution < -0.4 is 15.5 Å². The highest BCUT2D eigenvalue weighted by molar-refractivity contribution is 7.89. The van der Waals surface area contributed by atoms with Crippen molar-refractivity contribution >= 4 is 38.7 Å². The van der Waals surface area contributed by atoms with E-state index in [4.69, 9.17) is 9.47 Å². The van der Waals surface area contributed by atoms with Gasteiger partial charge in [0.1, 0.15) is 17.4 Å². The second-order valence-electron chi connectivity index (χ2n) is 12.6. The van der Waals surface area contributed by atoms with Crippen molar-refractivity contribution in [2.24, 2.45) is 5.92 Å². The van der Waals surface area contributed by atoms with Crippen LogP contribution in [0.1, 0.15) is 45.6 Å². The lowest BCUT2D eigenvalue weighted by molar-refractivity contribution is -0.135. The van der Waals surface area contributed by atoms with Crippen LogP contribution in [0.15, 0.2) is 71.6 Å². The van der Waals surface area contributed by atoms with Gasteiger partial charge in [0.2, 0.25) is 15.9 Å². The van der Waals surface area contributed by atoms with Crippen LogP contribution in [0.3, 0.4) is 0 Å². The van der Waals surface area contributed by atoms with Crippen LogP contribution >= 0.6 is 0 Å². The van der Waals surface area contributed by atoms with Crippen molar-refractivity contribution in [2.45, 2.75) is 63.0 Å². The lowest BCUT2D eigenvalue weighted by atomic mass is 9.96. The molecule has 0 bridgehead atoms. The Labute approximate surface area is 276 Å². The normalized spacial score (nSPS) is 14.9. The van der Waals surface area contributed by atoms with Crippen LogP contribution in [0.4, 0.5) is 4.79 Å². The predicted octanol–water partition coefficient (Wildman–Crippen LogP) is 4.11. The number of methoxy groups -OCH3 is 1. The van der Waals surface area contributed by atoms with Gasteiger partial charge in [-0.05, 0) is 86.6 Å². The Morgan fingerprint density at radius 2 is 1.66 bits per heavy atom. The van der Waals surface area contributed by atoms with E-state index in [0.29, 0.717) is 43.8 Å². The Bertz CT molecular complexity index is 1640. The molecule has 4 rings (SSSR count). The lowest BCUT2D eigenvalue weighted by Gasteiger charge is -2.34. The summed E-state index contributed by atoms with van der Waals surface area (Å²) in [7, 11) is -2.87. The third-order valence-corrected chi connectivity index (χ3v) is 10.1. The Kier molecular flexibility index (Phi) is 11.8. The van der Waals surface area contributed by atoms with Gasteiger partial charge in [-0.3, -0.25) is 14.8 Å². The monoisotopic (exact) mass is 668 g/mol. The first-order chi connectivity index (χ1) is 22.3. The van der Waals surface area contributed by atoms with Crippen LogP contribution in [0, 0.1) is 5.92 Å². The quantitative estimate of drug-likeness (QED) is 0.193. The van der Waals surface area contributed by atoms with Crippen molar-refractivity contribution in [3.05, 3.63) is 72.3 Å². The Hall–Kier alpha value is -4.20. The molecule has 13 heteroatoms. The van der Waals surface area contributed by atoms with Gasteiger partial charge in [0.25, 0.3) is 5.91 Å². The van der Waals surface area contributed by atoms with Crippen LogP contribution in [-0.4, -0.2) is 85.7 Å². The zero-order valence-electron chi connectivity index (χ0n) is 27.3. The molecule has 1 unspecified atom stereocenters. The second-order valence-corrected chi connectivity index (χ2v) is 14.5. The molecule has 1 aliphatic rings. The summed E-state index contributed by atoms with van der Waals surface area (Å²) in [5.74, 6) is -0.555. The van der Waals surface area contributed by atoms with Crippen molar-refractivity contribution < 1.29 is 37.5 Å². The number of rotatable bonds is 12. The average Bonchev–Trinajstić information content (AvgIpc) is 3.06. The number of piperidine rings is 1. The number of benzene rings is 3. The summed E-state index contributed by atoms with van der Waals surface area (Å²) >= 11 is 0. The maximum atomic E-state index is 14.1. The summed E-state index contributed by atoms with van der Waals surface area (Å²) in [4.78, 5) is 40.3. The van der Waals surface area contributed by atoms with E-state index >= 15 is 0 Å². The van der Waals surface area contributed by atoms with Crippen molar-refractivity contribution in [1.29, 1.82) is 0 Å². The number of sulfonamides is 1. The van der Waals surface area contributed by atoms with E-state index in [2.05, 4.69) is 5.32 Å². The summed E-state index contributed by atoms with van der Waals surface area (Å²) in [6.45, 7) is 6.40. The van der Waals surface area contributed by atoms with E-state index in [1.165, 1.54) is 31.4 Å². The number of hydrogen-bond donors (Lipinski definition) is 3. The average molecular weight is 669 g/mol. The lowest BCUT2D eigenvalue weighted by Crippen LogP contribution is -2.51. The number of hydrogen-bond acceptors (Lipinski definition) is 8. The molecule has 1 saturated heterocycles. The van der Waals surface area contributed by atoms with Gasteiger partial charge in [0, 0.05) is 32.6 Å². The van der Waals surface area contributed by atoms with Crippen LogP contribution in [0.5, 0.6) is 5.75 Å². The number of amides is 3. The van der Waals surface area contributed by atoms with Crippen molar-refractivity contribution in [3.8, 4) is 5.75 Å². The minimum atomic E-state index is -4.33. The number of likely N-dealkylation sites (tertiary alicyclic amines) is 1. The molecular weight excluding hydrogens is 624 g/mol. The molecule has 12 nitrogen and oxygen atoms in total. The minimum Gasteiger partial charge on any atom is -0.497 e. The molecule has 1 heterocycles. The second kappa shape index (κ2) is 15.6. The molecular formula is C34H44N4O8S. The van der Waals surface area contributed by atoms with Crippen molar-refractivity contribution in [1.82, 2.24) is 20.0 Å². The standard InChI is InChI=1S/C34H44N4O8S/c1-34(2,3)46-33(41)35-23-24-16-19-37(20-17-24)31(39)18-21-38(47(43,44)28-14-12-27(45-4)13-15-28)30(32(40)36-42)22-26-10-7-9-25-8-5-6-11-29(25)26/h5-15,24,30,42H,16-23H2,1-4H3,(H,35,41)(H,36,40). The highest BCUT2D eigenvalue weighted by Crippen LogP contribution is 2.27. The van der Waals surface area contributed by atoms with Crippen LogP contribution in [0.25, 0.3) is 10.8 Å². The van der Waals surface area contributed by atoms with Crippen molar-refractivity contribution in [2.75, 3.05) is 33.3 Å². The maximum Gasteiger partial charge on any atom is 0.407 e. The van der Waals surface area contributed by atoms with Crippen LogP contribution in [-0.2, 0) is 30.8 Å². The van der Waals surface area contributed by atoms with E-state index in [9.17, 15) is 28.0 Å². The number of alkyl carbamates (subject to hydrolysis) is 1. The number of carbonyl (C=O) groups excluding carboxylic acids is 3. The van der Waals surface area contributed by atoms with E-state index in [-0.39, 0.29) is 36.1 Å². The topological polar surface area (TPSA) is 155 Å². The first-order valence-electron chi connectivity index (χ1n) is 15.6. The SMILES string of the molecule is COc1ccc(S(=O)(=O)N(CCC(=O)N2CCC(CNC(=O)OC(C)(C)C)CC2)C(Cc2cccc3ccccc23)C(=O)NO)cc1. The molecule has 1 fully saturated rings. The fourth-order valence-electron chi connectivity index (χ4n) is 5.70. The first-order valence-corrected chi connectivity index (χ1v) is 17.1. The molecule has 0 spiro atoms. The molecule has 0 radical (unpaired) electrons. The number of nitrogens with one attached hydrogen (secondary N) is 2. The summed E-state index contributed by atoms with van der Waals surface area (Å²) in [6, 6.07) is 17.5. The summed E-state index contributed by atoms with van der Waals surface area (Å²) in [6.07, 6.45) is 0.603. The van der Waals surface area contributed by atoms with Gasteiger partial charge in [0.15, 0.2) is 0 Å². The van der Waals surface area contributed by atoms with E-state index in [1.807, 2.05) is 42.5 Å². The Morgan fingerprint density at radius 3 is 2.30 bits per heavy atom. The molecule has 1 aliphatic heterocycles. The fourth-order valence-corrected chi connectivity index (χ4v) is 7.29. The molecule has 0 saturated carbocycles. The van der Waals surface area contributed by atoms with Crippen LogP contribution in [0.2, 0.25) is 0 Å². The number of ether oxygens (including phenoxy) is 2. The molecule has 3 aromatic carbocycles. The predicted molar refractivity (Wildman–Crippen MR) is 176 cm³/mol. The molecule has 1 atom stereocenters. The number of nitrogens with zero attached hydrogens (tertiary/aromatic N) is 2. The van der Waals surface area contributed by atoms with Gasteiger partial charge in [-0.25, -0.2) is 18.7 Å². The molecule has 0 aliphatic carbocycles. The van der Waals surface area contributed by atoms with E-state index in [0.717, 1.165) is 15.1 Å². The number of fused-ring (bicyclic) bond motifs is 1. The maximum absolute atomic E-state index is 14.1. The van der Waals surface area contributed by atoms with Gasteiger partial charge in [-0.15, -0.1) is 0 Å². The summed E-state index contributed by atoms with van der Waals surface area (Å²) in [5, 5.41) is 14.3. The Balaban J connectivity index is 1.52. The van der Waals surface area contributed by atoms with Gasteiger partial charge < -0.3 is 19.7 Å². The molecule has 254 valence electrons. The van der Waals surface area contributed by atoms with Gasteiger partial charge in [0.05, 0.1) is 12.0 Å². The molecule has 47 heavy (non-hydrogen) atoms. The highest BCUT2D eigenvalue weighted by atomic mass is 32.2. The highest BCUT2D eigenvalue weighted by Gasteiger charge is 2.37. The number of hydroxylamine groups is 1. The van der Waals surface area contributed by atoms with Gasteiger partial charge >= 0.3 is 6.09 Å². The van der Waals surface area contributed by atoms with Gasteiger partial charge in [-0.1, -0.05) is 42.5 Å². The van der Waals surface area contributed by atoms with Crippen molar-refractivity contribution in [3.63, 3.8) is 0 Å². The molecule has 3 aromatic rings. The largest absolute Gasteiger partial charge is 0.497 e. The molecule has 3 N–H and O–H groups in total. The zero-order chi connectivity index (χ0) is 34.2. The molecule has 0 aromatic heterocycles. The Morgan fingerprint density at radius 1 is 1.00 bits per heavy atom. The number of carbonyl (C=O) groups is 3. The van der Waals surface area contributed by atoms with E-state index < -0.39 is 33.7 Å². The molecule has 3 amide bonds. The summed E-state index contributed by atoms with van der Waals surface area (Å²) in [5.41, 5.74) is 1.76. The fraction of sp³-hybridized carbons (Fsp3) is 0.441. The first kappa shape index (κ1) is 35.7. The summed E-state index contributed by atoms with van der Waals surface area (Å²) < 4.78 is 39.8. The minimum absolute atomic E-state index is 0.0482. The smallest absolute Gasteiger partial charge is 0.407 e. The third-order valence-electron chi connectivity index (χ3n) is 8.17. The zero-order valence-corrected chi connectivity index (χ0v) is 28.1.